The van der Waals surface area contributed by atoms with Gasteiger partial charge in [0.1, 0.15) is 11.9 Å². The molecule has 1 aromatic rings. The predicted octanol–water partition coefficient (Wildman–Crippen LogP) is 2.57. The van der Waals surface area contributed by atoms with Crippen molar-refractivity contribution >= 4 is 33.6 Å². The maximum Gasteiger partial charge on any atom is 0.326 e. The highest BCUT2D eigenvalue weighted by atomic mass is 79.9. The maximum absolute atomic E-state index is 13.0. The number of carbonyl (C=O) groups is 2. The molecule has 5 nitrogen and oxygen atoms in total. The lowest BCUT2D eigenvalue weighted by molar-refractivity contribution is -0.139. The summed E-state index contributed by atoms with van der Waals surface area (Å²) < 4.78 is 13.5. The van der Waals surface area contributed by atoms with E-state index in [1.807, 2.05) is 0 Å². The molecule has 0 bridgehead atoms. The third-order valence-electron chi connectivity index (χ3n) is 2.19. The molecule has 1 rings (SSSR count). The second kappa shape index (κ2) is 6.34. The van der Waals surface area contributed by atoms with Crippen LogP contribution in [0.2, 0.25) is 0 Å². The predicted molar refractivity (Wildman–Crippen MR) is 68.0 cm³/mol. The number of aliphatic carboxylic acids is 1. The van der Waals surface area contributed by atoms with Crippen molar-refractivity contribution in [3.8, 4) is 0 Å². The summed E-state index contributed by atoms with van der Waals surface area (Å²) in [5.74, 6) is -1.62. The van der Waals surface area contributed by atoms with Gasteiger partial charge in [0.05, 0.1) is 5.69 Å². The molecule has 1 atom stereocenters. The van der Waals surface area contributed by atoms with E-state index >= 15 is 0 Å². The quantitative estimate of drug-likeness (QED) is 0.798. The van der Waals surface area contributed by atoms with Crippen LogP contribution in [-0.2, 0) is 4.79 Å². The van der Waals surface area contributed by atoms with Crippen LogP contribution < -0.4 is 10.6 Å². The van der Waals surface area contributed by atoms with Gasteiger partial charge in [0, 0.05) is 4.47 Å². The highest BCUT2D eigenvalue weighted by Crippen LogP contribution is 2.22. The zero-order chi connectivity index (χ0) is 13.7. The smallest absolute Gasteiger partial charge is 0.326 e. The highest BCUT2D eigenvalue weighted by molar-refractivity contribution is 9.10. The Morgan fingerprint density at radius 2 is 2.17 bits per heavy atom. The number of hydrogen-bond donors (Lipinski definition) is 3. The summed E-state index contributed by atoms with van der Waals surface area (Å²) >= 11 is 3.15. The second-order valence-electron chi connectivity index (χ2n) is 3.52. The number of carbonyl (C=O) groups excluding carboxylic acids is 1. The van der Waals surface area contributed by atoms with E-state index in [4.69, 9.17) is 5.11 Å². The van der Waals surface area contributed by atoms with Crippen molar-refractivity contribution in [2.75, 3.05) is 5.32 Å². The largest absolute Gasteiger partial charge is 0.480 e. The standard InChI is InChI=1S/C11H12BrFN2O3/c1-2-8(10(16)17)14-11(18)15-9-5-6(13)3-4-7(9)12/h3-5,8H,2H2,1H3,(H,16,17)(H2,14,15,18). The normalized spacial score (nSPS) is 11.7. The Morgan fingerprint density at radius 3 is 2.72 bits per heavy atom. The first-order valence-electron chi connectivity index (χ1n) is 5.19. The Balaban J connectivity index is 2.70. The lowest BCUT2D eigenvalue weighted by Crippen LogP contribution is -2.42. The summed E-state index contributed by atoms with van der Waals surface area (Å²) in [7, 11) is 0. The van der Waals surface area contributed by atoms with Gasteiger partial charge in [0.25, 0.3) is 0 Å². The van der Waals surface area contributed by atoms with Crippen LogP contribution in [0.5, 0.6) is 0 Å². The summed E-state index contributed by atoms with van der Waals surface area (Å²) in [4.78, 5) is 22.2. The Labute approximate surface area is 112 Å². The topological polar surface area (TPSA) is 78.4 Å². The van der Waals surface area contributed by atoms with Crippen LogP contribution in [0.25, 0.3) is 0 Å². The van der Waals surface area contributed by atoms with Gasteiger partial charge in [0.15, 0.2) is 0 Å². The summed E-state index contributed by atoms with van der Waals surface area (Å²) in [6, 6.07) is 2.14. The van der Waals surface area contributed by atoms with Gasteiger partial charge in [-0.1, -0.05) is 6.92 Å². The van der Waals surface area contributed by atoms with Gasteiger partial charge in [-0.15, -0.1) is 0 Å². The van der Waals surface area contributed by atoms with Gasteiger partial charge < -0.3 is 15.7 Å². The molecule has 0 aliphatic heterocycles. The molecule has 7 heteroatoms. The number of urea groups is 1. The zero-order valence-electron chi connectivity index (χ0n) is 9.54. The van der Waals surface area contributed by atoms with Crippen molar-refractivity contribution in [3.63, 3.8) is 0 Å². The lowest BCUT2D eigenvalue weighted by Gasteiger charge is -2.13. The Morgan fingerprint density at radius 1 is 1.50 bits per heavy atom. The number of carboxylic acids is 1. The molecular weight excluding hydrogens is 307 g/mol. The van der Waals surface area contributed by atoms with Crippen LogP contribution in [0, 0.1) is 5.82 Å². The van der Waals surface area contributed by atoms with Crippen LogP contribution >= 0.6 is 15.9 Å². The fourth-order valence-electron chi connectivity index (χ4n) is 1.25. The van der Waals surface area contributed by atoms with Crippen molar-refractivity contribution in [2.45, 2.75) is 19.4 Å². The first-order chi connectivity index (χ1) is 8.43. The number of anilines is 1. The fraction of sp³-hybridized carbons (Fsp3) is 0.273. The van der Waals surface area contributed by atoms with Crippen LogP contribution in [0.15, 0.2) is 22.7 Å². The van der Waals surface area contributed by atoms with Gasteiger partial charge in [-0.25, -0.2) is 14.0 Å². The molecule has 0 heterocycles. The third kappa shape index (κ3) is 3.99. The third-order valence-corrected chi connectivity index (χ3v) is 2.88. The van der Waals surface area contributed by atoms with Crippen LogP contribution in [0.1, 0.15) is 13.3 Å². The number of rotatable bonds is 4. The van der Waals surface area contributed by atoms with Gasteiger partial charge >= 0.3 is 12.0 Å². The SMILES string of the molecule is CCC(NC(=O)Nc1cc(F)ccc1Br)C(=O)O. The van der Waals surface area contributed by atoms with Crippen molar-refractivity contribution in [2.24, 2.45) is 0 Å². The van der Waals surface area contributed by atoms with Gasteiger partial charge in [0.2, 0.25) is 0 Å². The van der Waals surface area contributed by atoms with Gasteiger partial charge in [-0.3, -0.25) is 0 Å². The number of halogens is 2. The molecule has 0 aliphatic rings. The number of carboxylic acid groups (broad SMARTS) is 1. The summed E-state index contributed by atoms with van der Waals surface area (Å²) in [6.07, 6.45) is 0.257. The molecule has 0 aromatic heterocycles. The molecule has 0 aliphatic carbocycles. The zero-order valence-corrected chi connectivity index (χ0v) is 11.1. The number of benzene rings is 1. The molecule has 2 amide bonds. The lowest BCUT2D eigenvalue weighted by atomic mass is 10.2. The van der Waals surface area contributed by atoms with Crippen molar-refractivity contribution in [1.82, 2.24) is 5.32 Å². The molecule has 0 saturated carbocycles. The van der Waals surface area contributed by atoms with Gasteiger partial charge in [-0.2, -0.15) is 0 Å². The van der Waals surface area contributed by atoms with Crippen molar-refractivity contribution < 1.29 is 19.1 Å². The average Bonchev–Trinajstić information content (AvgIpc) is 2.30. The maximum atomic E-state index is 13.0. The van der Waals surface area contributed by atoms with E-state index in [0.717, 1.165) is 6.07 Å². The molecule has 0 saturated heterocycles. The number of hydrogen-bond acceptors (Lipinski definition) is 2. The Hall–Kier alpha value is -1.63. The first-order valence-corrected chi connectivity index (χ1v) is 5.98. The van der Waals surface area contributed by atoms with E-state index in [1.165, 1.54) is 12.1 Å². The van der Waals surface area contributed by atoms with Crippen molar-refractivity contribution in [1.29, 1.82) is 0 Å². The molecule has 98 valence electrons. The van der Waals surface area contributed by atoms with E-state index in [-0.39, 0.29) is 12.1 Å². The first kappa shape index (κ1) is 14.4. The minimum atomic E-state index is -1.12. The minimum absolute atomic E-state index is 0.229. The molecule has 3 N–H and O–H groups in total. The van der Waals surface area contributed by atoms with Gasteiger partial charge in [-0.05, 0) is 40.5 Å². The molecule has 1 aromatic carbocycles. The molecular formula is C11H12BrFN2O3. The number of nitrogens with one attached hydrogen (secondary N) is 2. The number of amides is 2. The van der Waals surface area contributed by atoms with E-state index < -0.39 is 23.9 Å². The monoisotopic (exact) mass is 318 g/mol. The van der Waals surface area contributed by atoms with Crippen LogP contribution in [0.3, 0.4) is 0 Å². The molecule has 0 spiro atoms. The second-order valence-corrected chi connectivity index (χ2v) is 4.38. The minimum Gasteiger partial charge on any atom is -0.480 e. The summed E-state index contributed by atoms with van der Waals surface area (Å²) in [6.45, 7) is 1.64. The van der Waals surface area contributed by atoms with Crippen LogP contribution in [0.4, 0.5) is 14.9 Å². The fourth-order valence-corrected chi connectivity index (χ4v) is 1.59. The Bertz CT molecular complexity index is 468. The molecule has 0 radical (unpaired) electrons. The molecule has 0 fully saturated rings. The molecule has 1 unspecified atom stereocenters. The summed E-state index contributed by atoms with van der Waals surface area (Å²) in [5.41, 5.74) is 0.229. The van der Waals surface area contributed by atoms with Crippen molar-refractivity contribution in [3.05, 3.63) is 28.5 Å². The van der Waals surface area contributed by atoms with Crippen LogP contribution in [-0.4, -0.2) is 23.1 Å². The van der Waals surface area contributed by atoms with E-state index in [1.54, 1.807) is 6.92 Å². The van der Waals surface area contributed by atoms with E-state index in [2.05, 4.69) is 26.6 Å². The summed E-state index contributed by atoms with van der Waals surface area (Å²) in [5, 5.41) is 13.4. The van der Waals surface area contributed by atoms with E-state index in [9.17, 15) is 14.0 Å². The average molecular weight is 319 g/mol. The highest BCUT2D eigenvalue weighted by Gasteiger charge is 2.17. The Kier molecular flexibility index (Phi) is 5.08. The van der Waals surface area contributed by atoms with E-state index in [0.29, 0.717) is 4.47 Å². The molecule has 18 heavy (non-hydrogen) atoms.